The van der Waals surface area contributed by atoms with Crippen LogP contribution in [0.4, 0.5) is 4.39 Å². The SMILES string of the molecule is C[C@H](NC(=O)Cc1ccc(F)cc1)c1nc(-c2cccnc2)n[nH]1. The molecule has 122 valence electrons. The van der Waals surface area contributed by atoms with Crippen molar-refractivity contribution in [3.8, 4) is 11.4 Å². The van der Waals surface area contributed by atoms with Crippen LogP contribution in [-0.4, -0.2) is 26.1 Å². The molecule has 3 rings (SSSR count). The molecule has 0 aliphatic heterocycles. The zero-order valence-electron chi connectivity index (χ0n) is 13.0. The Morgan fingerprint density at radius 2 is 2.08 bits per heavy atom. The molecule has 1 amide bonds. The summed E-state index contributed by atoms with van der Waals surface area (Å²) >= 11 is 0. The summed E-state index contributed by atoms with van der Waals surface area (Å²) in [4.78, 5) is 20.5. The molecule has 1 aromatic carbocycles. The fourth-order valence-corrected chi connectivity index (χ4v) is 2.24. The molecular weight excluding hydrogens is 309 g/mol. The third kappa shape index (κ3) is 3.81. The molecule has 3 aromatic rings. The van der Waals surface area contributed by atoms with Crippen LogP contribution >= 0.6 is 0 Å². The highest BCUT2D eigenvalue weighted by Crippen LogP contribution is 2.15. The van der Waals surface area contributed by atoms with E-state index in [2.05, 4.69) is 25.5 Å². The van der Waals surface area contributed by atoms with Crippen LogP contribution in [0.5, 0.6) is 0 Å². The van der Waals surface area contributed by atoms with E-state index in [0.29, 0.717) is 11.6 Å². The second-order valence-corrected chi connectivity index (χ2v) is 5.38. The minimum absolute atomic E-state index is 0.173. The monoisotopic (exact) mass is 325 g/mol. The largest absolute Gasteiger partial charge is 0.346 e. The minimum Gasteiger partial charge on any atom is -0.346 e. The molecule has 24 heavy (non-hydrogen) atoms. The van der Waals surface area contributed by atoms with Crippen LogP contribution in [0.25, 0.3) is 11.4 Å². The van der Waals surface area contributed by atoms with Crippen molar-refractivity contribution in [1.82, 2.24) is 25.5 Å². The molecule has 6 nitrogen and oxygen atoms in total. The van der Waals surface area contributed by atoms with Gasteiger partial charge in [0.2, 0.25) is 5.91 Å². The van der Waals surface area contributed by atoms with Crippen molar-refractivity contribution in [2.45, 2.75) is 19.4 Å². The summed E-state index contributed by atoms with van der Waals surface area (Å²) in [5.41, 5.74) is 1.54. The molecule has 2 heterocycles. The number of pyridine rings is 1. The predicted octanol–water partition coefficient (Wildman–Crippen LogP) is 2.43. The number of amides is 1. The topological polar surface area (TPSA) is 83.6 Å². The molecule has 0 fully saturated rings. The summed E-state index contributed by atoms with van der Waals surface area (Å²) in [5, 5.41) is 9.81. The Balaban J connectivity index is 1.62. The maximum atomic E-state index is 12.9. The highest BCUT2D eigenvalue weighted by atomic mass is 19.1. The number of benzene rings is 1. The van der Waals surface area contributed by atoms with Gasteiger partial charge >= 0.3 is 0 Å². The van der Waals surface area contributed by atoms with E-state index in [9.17, 15) is 9.18 Å². The van der Waals surface area contributed by atoms with E-state index in [1.165, 1.54) is 12.1 Å². The second-order valence-electron chi connectivity index (χ2n) is 5.38. The minimum atomic E-state index is -0.323. The third-order valence-corrected chi connectivity index (χ3v) is 3.49. The summed E-state index contributed by atoms with van der Waals surface area (Å²) < 4.78 is 12.9. The van der Waals surface area contributed by atoms with Crippen molar-refractivity contribution >= 4 is 5.91 Å². The van der Waals surface area contributed by atoms with Gasteiger partial charge in [0.1, 0.15) is 11.6 Å². The fourth-order valence-electron chi connectivity index (χ4n) is 2.24. The lowest BCUT2D eigenvalue weighted by molar-refractivity contribution is -0.121. The van der Waals surface area contributed by atoms with Crippen LogP contribution in [0.3, 0.4) is 0 Å². The molecule has 0 radical (unpaired) electrons. The van der Waals surface area contributed by atoms with Crippen LogP contribution < -0.4 is 5.32 Å². The lowest BCUT2D eigenvalue weighted by Gasteiger charge is -2.11. The van der Waals surface area contributed by atoms with E-state index in [1.807, 2.05) is 13.0 Å². The van der Waals surface area contributed by atoms with E-state index in [0.717, 1.165) is 11.1 Å². The lowest BCUT2D eigenvalue weighted by atomic mass is 10.1. The first-order valence-corrected chi connectivity index (χ1v) is 7.48. The molecular formula is C17H16FN5O. The van der Waals surface area contributed by atoms with Gasteiger partial charge in [-0.3, -0.25) is 14.9 Å². The van der Waals surface area contributed by atoms with E-state index in [1.54, 1.807) is 30.6 Å². The van der Waals surface area contributed by atoms with Crippen molar-refractivity contribution in [3.05, 3.63) is 66.0 Å². The number of aromatic nitrogens is 4. The molecule has 1 atom stereocenters. The number of nitrogens with one attached hydrogen (secondary N) is 2. The maximum Gasteiger partial charge on any atom is 0.224 e. The van der Waals surface area contributed by atoms with Gasteiger partial charge in [-0.2, -0.15) is 5.10 Å². The van der Waals surface area contributed by atoms with Gasteiger partial charge in [0.05, 0.1) is 12.5 Å². The standard InChI is InChI=1S/C17H16FN5O/c1-11(20-15(24)9-12-4-6-14(18)7-5-12)16-21-17(23-22-16)13-3-2-8-19-10-13/h2-8,10-11H,9H2,1H3,(H,20,24)(H,21,22,23)/t11-/m0/s1. The Bertz CT molecular complexity index is 817. The quantitative estimate of drug-likeness (QED) is 0.754. The Kier molecular flexibility index (Phi) is 4.60. The molecule has 0 saturated carbocycles. The molecule has 0 spiro atoms. The average molecular weight is 325 g/mol. The van der Waals surface area contributed by atoms with Crippen molar-refractivity contribution in [2.24, 2.45) is 0 Å². The number of carbonyl (C=O) groups is 1. The van der Waals surface area contributed by atoms with Gasteiger partial charge in [-0.25, -0.2) is 9.37 Å². The number of hydrogen-bond donors (Lipinski definition) is 2. The van der Waals surface area contributed by atoms with Crippen molar-refractivity contribution in [3.63, 3.8) is 0 Å². The zero-order valence-corrected chi connectivity index (χ0v) is 13.0. The van der Waals surface area contributed by atoms with Gasteiger partial charge in [0.15, 0.2) is 5.82 Å². The smallest absolute Gasteiger partial charge is 0.224 e. The first-order valence-electron chi connectivity index (χ1n) is 7.48. The Hall–Kier alpha value is -3.09. The number of carbonyl (C=O) groups excluding carboxylic acids is 1. The number of rotatable bonds is 5. The predicted molar refractivity (Wildman–Crippen MR) is 86.3 cm³/mol. The number of hydrogen-bond acceptors (Lipinski definition) is 4. The van der Waals surface area contributed by atoms with Gasteiger partial charge in [-0.05, 0) is 36.8 Å². The molecule has 0 aliphatic carbocycles. The van der Waals surface area contributed by atoms with E-state index in [-0.39, 0.29) is 24.2 Å². The van der Waals surface area contributed by atoms with Gasteiger partial charge in [0, 0.05) is 18.0 Å². The molecule has 0 aliphatic rings. The number of aromatic amines is 1. The van der Waals surface area contributed by atoms with Crippen LogP contribution in [0, 0.1) is 5.82 Å². The second kappa shape index (κ2) is 6.99. The van der Waals surface area contributed by atoms with Crippen molar-refractivity contribution in [1.29, 1.82) is 0 Å². The molecule has 2 aromatic heterocycles. The van der Waals surface area contributed by atoms with Crippen molar-refractivity contribution < 1.29 is 9.18 Å². The number of nitrogens with zero attached hydrogens (tertiary/aromatic N) is 3. The lowest BCUT2D eigenvalue weighted by Crippen LogP contribution is -2.28. The summed E-state index contributed by atoms with van der Waals surface area (Å²) in [7, 11) is 0. The van der Waals surface area contributed by atoms with Crippen LogP contribution in [0.2, 0.25) is 0 Å². The van der Waals surface area contributed by atoms with Gasteiger partial charge in [-0.1, -0.05) is 12.1 Å². The van der Waals surface area contributed by atoms with Crippen LogP contribution in [-0.2, 0) is 11.2 Å². The molecule has 0 saturated heterocycles. The Labute approximate surface area is 138 Å². The maximum absolute atomic E-state index is 12.9. The van der Waals surface area contributed by atoms with Crippen LogP contribution in [0.1, 0.15) is 24.4 Å². The van der Waals surface area contributed by atoms with E-state index < -0.39 is 0 Å². The molecule has 7 heteroatoms. The van der Waals surface area contributed by atoms with E-state index >= 15 is 0 Å². The summed E-state index contributed by atoms with van der Waals surface area (Å²) in [6.45, 7) is 1.82. The molecule has 2 N–H and O–H groups in total. The van der Waals surface area contributed by atoms with Crippen molar-refractivity contribution in [2.75, 3.05) is 0 Å². The molecule has 0 unspecified atom stereocenters. The highest BCUT2D eigenvalue weighted by molar-refractivity contribution is 5.78. The number of H-pyrrole nitrogens is 1. The Morgan fingerprint density at radius 3 is 2.79 bits per heavy atom. The normalized spacial score (nSPS) is 11.9. The first kappa shape index (κ1) is 15.8. The highest BCUT2D eigenvalue weighted by Gasteiger charge is 2.15. The fraction of sp³-hybridized carbons (Fsp3) is 0.176. The van der Waals surface area contributed by atoms with Gasteiger partial charge in [-0.15, -0.1) is 0 Å². The Morgan fingerprint density at radius 1 is 1.29 bits per heavy atom. The zero-order chi connectivity index (χ0) is 16.9. The molecule has 0 bridgehead atoms. The number of halogens is 1. The first-order chi connectivity index (χ1) is 11.6. The average Bonchev–Trinajstić information content (AvgIpc) is 3.08. The van der Waals surface area contributed by atoms with E-state index in [4.69, 9.17) is 0 Å². The van der Waals surface area contributed by atoms with Crippen LogP contribution in [0.15, 0.2) is 48.8 Å². The van der Waals surface area contributed by atoms with Gasteiger partial charge < -0.3 is 5.32 Å². The summed E-state index contributed by atoms with van der Waals surface area (Å²) in [6.07, 6.45) is 3.52. The summed E-state index contributed by atoms with van der Waals surface area (Å²) in [6, 6.07) is 9.20. The van der Waals surface area contributed by atoms with Gasteiger partial charge in [0.25, 0.3) is 0 Å². The summed E-state index contributed by atoms with van der Waals surface area (Å²) in [5.74, 6) is 0.588. The third-order valence-electron chi connectivity index (χ3n) is 3.49.